The van der Waals surface area contributed by atoms with E-state index in [0.29, 0.717) is 5.92 Å². The number of nitrogens with one attached hydrogen (secondary N) is 1. The van der Waals surface area contributed by atoms with Gasteiger partial charge in [0.1, 0.15) is 5.75 Å². The Kier molecular flexibility index (Phi) is 5.43. The van der Waals surface area contributed by atoms with Crippen molar-refractivity contribution in [3.8, 4) is 5.75 Å². The van der Waals surface area contributed by atoms with Gasteiger partial charge in [-0.3, -0.25) is 4.79 Å². The lowest BCUT2D eigenvalue weighted by molar-refractivity contribution is -0.122. The number of anilines is 1. The molecular formula is C20H25NO2. The van der Waals surface area contributed by atoms with Crippen LogP contribution in [0.25, 0.3) is 0 Å². The maximum atomic E-state index is 12.5. The van der Waals surface area contributed by atoms with Gasteiger partial charge in [-0.15, -0.1) is 0 Å². The van der Waals surface area contributed by atoms with Crippen LogP contribution in [0.5, 0.6) is 5.75 Å². The number of carbonyl (C=O) groups is 1. The Bertz CT molecular complexity index is 692. The van der Waals surface area contributed by atoms with Crippen LogP contribution < -0.4 is 10.1 Å². The van der Waals surface area contributed by atoms with E-state index in [1.54, 1.807) is 6.92 Å². The number of benzene rings is 2. The highest BCUT2D eigenvalue weighted by Crippen LogP contribution is 2.25. The van der Waals surface area contributed by atoms with E-state index in [0.717, 1.165) is 28.1 Å². The number of hydrogen-bond donors (Lipinski definition) is 1. The van der Waals surface area contributed by atoms with Gasteiger partial charge in [0.25, 0.3) is 5.91 Å². The number of rotatable bonds is 5. The lowest BCUT2D eigenvalue weighted by Gasteiger charge is -2.19. The Morgan fingerprint density at radius 2 is 1.74 bits per heavy atom. The minimum atomic E-state index is -0.560. The summed E-state index contributed by atoms with van der Waals surface area (Å²) in [6, 6.07) is 13.9. The maximum absolute atomic E-state index is 12.5. The van der Waals surface area contributed by atoms with E-state index in [2.05, 4.69) is 19.2 Å². The van der Waals surface area contributed by atoms with Crippen molar-refractivity contribution >= 4 is 11.6 Å². The smallest absolute Gasteiger partial charge is 0.265 e. The molecule has 0 aliphatic heterocycles. The van der Waals surface area contributed by atoms with E-state index in [9.17, 15) is 4.79 Å². The monoisotopic (exact) mass is 311 g/mol. The predicted octanol–water partition coefficient (Wildman–Crippen LogP) is 4.83. The quantitative estimate of drug-likeness (QED) is 0.858. The Labute approximate surface area is 138 Å². The molecule has 0 spiro atoms. The average Bonchev–Trinajstić information content (AvgIpc) is 2.51. The zero-order valence-corrected chi connectivity index (χ0v) is 14.5. The van der Waals surface area contributed by atoms with Gasteiger partial charge in [-0.1, -0.05) is 44.2 Å². The van der Waals surface area contributed by atoms with Gasteiger partial charge in [-0.2, -0.15) is 0 Å². The van der Waals surface area contributed by atoms with Crippen molar-refractivity contribution in [3.63, 3.8) is 0 Å². The third kappa shape index (κ3) is 4.35. The molecule has 0 heterocycles. The molecule has 3 nitrogen and oxygen atoms in total. The molecule has 0 radical (unpaired) electrons. The molecule has 1 N–H and O–H groups in total. The van der Waals surface area contributed by atoms with Gasteiger partial charge in [-0.05, 0) is 55.5 Å². The van der Waals surface area contributed by atoms with Gasteiger partial charge in [-0.25, -0.2) is 0 Å². The van der Waals surface area contributed by atoms with Gasteiger partial charge in [0.05, 0.1) is 0 Å². The summed E-state index contributed by atoms with van der Waals surface area (Å²) in [5.41, 5.74) is 4.12. The van der Waals surface area contributed by atoms with E-state index in [4.69, 9.17) is 4.74 Å². The largest absolute Gasteiger partial charge is 0.481 e. The molecule has 0 aliphatic rings. The van der Waals surface area contributed by atoms with Gasteiger partial charge >= 0.3 is 0 Å². The minimum absolute atomic E-state index is 0.140. The molecule has 0 aromatic heterocycles. The van der Waals surface area contributed by atoms with Crippen LogP contribution in [0.4, 0.5) is 5.69 Å². The first kappa shape index (κ1) is 17.1. The third-order valence-corrected chi connectivity index (χ3v) is 3.86. The summed E-state index contributed by atoms with van der Waals surface area (Å²) < 4.78 is 5.85. The van der Waals surface area contributed by atoms with E-state index in [1.165, 1.54) is 0 Å². The van der Waals surface area contributed by atoms with Crippen molar-refractivity contribution in [1.29, 1.82) is 0 Å². The SMILES string of the molecule is Cc1ccc(C)c(O[C@@H](C)C(=O)Nc2ccccc2C(C)C)c1. The average molecular weight is 311 g/mol. The van der Waals surface area contributed by atoms with E-state index >= 15 is 0 Å². The molecule has 1 atom stereocenters. The van der Waals surface area contributed by atoms with Crippen LogP contribution >= 0.6 is 0 Å². The van der Waals surface area contributed by atoms with Crippen LogP contribution in [0.1, 0.15) is 43.4 Å². The maximum Gasteiger partial charge on any atom is 0.265 e. The number of aryl methyl sites for hydroxylation is 2. The highest BCUT2D eigenvalue weighted by atomic mass is 16.5. The first-order chi connectivity index (χ1) is 10.9. The molecule has 0 saturated heterocycles. The molecule has 23 heavy (non-hydrogen) atoms. The second-order valence-corrected chi connectivity index (χ2v) is 6.26. The number of hydrogen-bond acceptors (Lipinski definition) is 2. The molecule has 0 bridgehead atoms. The molecule has 3 heteroatoms. The normalized spacial score (nSPS) is 12.1. The van der Waals surface area contributed by atoms with Gasteiger partial charge in [0, 0.05) is 5.69 Å². The van der Waals surface area contributed by atoms with Gasteiger partial charge in [0.15, 0.2) is 6.10 Å². The first-order valence-corrected chi connectivity index (χ1v) is 8.02. The fourth-order valence-electron chi connectivity index (χ4n) is 2.43. The lowest BCUT2D eigenvalue weighted by atomic mass is 10.0. The summed E-state index contributed by atoms with van der Waals surface area (Å²) in [5.74, 6) is 0.963. The van der Waals surface area contributed by atoms with Gasteiger partial charge in [0.2, 0.25) is 0 Å². The van der Waals surface area contributed by atoms with Crippen LogP contribution in [-0.2, 0) is 4.79 Å². The molecule has 0 fully saturated rings. The molecule has 0 saturated carbocycles. The standard InChI is InChI=1S/C20H25NO2/c1-13(2)17-8-6-7-9-18(17)21-20(22)16(5)23-19-12-14(3)10-11-15(19)4/h6-13,16H,1-5H3,(H,21,22)/t16-/m0/s1. The predicted molar refractivity (Wildman–Crippen MR) is 95.2 cm³/mol. The molecule has 2 aromatic rings. The summed E-state index contributed by atoms with van der Waals surface area (Å²) in [6.07, 6.45) is -0.560. The summed E-state index contributed by atoms with van der Waals surface area (Å²) in [4.78, 5) is 12.5. The summed E-state index contributed by atoms with van der Waals surface area (Å²) in [5, 5.41) is 2.98. The van der Waals surface area contributed by atoms with Crippen molar-refractivity contribution in [2.24, 2.45) is 0 Å². The molecule has 0 aliphatic carbocycles. The van der Waals surface area contributed by atoms with Crippen molar-refractivity contribution in [2.45, 2.75) is 46.6 Å². The first-order valence-electron chi connectivity index (χ1n) is 8.02. The molecule has 2 aromatic carbocycles. The van der Waals surface area contributed by atoms with E-state index in [1.807, 2.05) is 56.3 Å². The van der Waals surface area contributed by atoms with Crippen LogP contribution in [0.2, 0.25) is 0 Å². The number of para-hydroxylation sites is 1. The second-order valence-electron chi connectivity index (χ2n) is 6.26. The van der Waals surface area contributed by atoms with Crippen LogP contribution in [0.15, 0.2) is 42.5 Å². The minimum Gasteiger partial charge on any atom is -0.481 e. The molecule has 0 unspecified atom stereocenters. The van der Waals surface area contributed by atoms with Crippen molar-refractivity contribution in [1.82, 2.24) is 0 Å². The number of carbonyl (C=O) groups excluding carboxylic acids is 1. The van der Waals surface area contributed by atoms with Crippen LogP contribution in [0, 0.1) is 13.8 Å². The molecule has 2 rings (SSSR count). The zero-order valence-electron chi connectivity index (χ0n) is 14.5. The Morgan fingerprint density at radius 3 is 2.43 bits per heavy atom. The summed E-state index contributed by atoms with van der Waals surface area (Å²) >= 11 is 0. The van der Waals surface area contributed by atoms with Crippen molar-refractivity contribution in [3.05, 3.63) is 59.2 Å². The van der Waals surface area contributed by atoms with Crippen molar-refractivity contribution < 1.29 is 9.53 Å². The Balaban J connectivity index is 2.10. The van der Waals surface area contributed by atoms with Crippen LogP contribution in [0.3, 0.4) is 0 Å². The van der Waals surface area contributed by atoms with Crippen LogP contribution in [-0.4, -0.2) is 12.0 Å². The Morgan fingerprint density at radius 1 is 1.04 bits per heavy atom. The summed E-state index contributed by atoms with van der Waals surface area (Å²) in [6.45, 7) is 9.99. The third-order valence-electron chi connectivity index (χ3n) is 3.86. The lowest BCUT2D eigenvalue weighted by Crippen LogP contribution is -2.30. The fourth-order valence-corrected chi connectivity index (χ4v) is 2.43. The fraction of sp³-hybridized carbons (Fsp3) is 0.350. The topological polar surface area (TPSA) is 38.3 Å². The zero-order chi connectivity index (χ0) is 17.0. The number of amides is 1. The molecular weight excluding hydrogens is 286 g/mol. The highest BCUT2D eigenvalue weighted by molar-refractivity contribution is 5.94. The van der Waals surface area contributed by atoms with Gasteiger partial charge < -0.3 is 10.1 Å². The summed E-state index contributed by atoms with van der Waals surface area (Å²) in [7, 11) is 0. The Hall–Kier alpha value is -2.29. The van der Waals surface area contributed by atoms with Crippen molar-refractivity contribution in [2.75, 3.05) is 5.32 Å². The highest BCUT2D eigenvalue weighted by Gasteiger charge is 2.17. The van der Waals surface area contributed by atoms with E-state index in [-0.39, 0.29) is 5.91 Å². The molecule has 122 valence electrons. The molecule has 1 amide bonds. The van der Waals surface area contributed by atoms with E-state index < -0.39 is 6.10 Å². The number of ether oxygens (including phenoxy) is 1. The second kappa shape index (κ2) is 7.32.